The van der Waals surface area contributed by atoms with Crippen molar-refractivity contribution < 1.29 is 13.9 Å². The molecule has 0 aliphatic heterocycles. The number of amides is 1. The first kappa shape index (κ1) is 18.5. The third-order valence-electron chi connectivity index (χ3n) is 4.66. The van der Waals surface area contributed by atoms with E-state index < -0.39 is 5.63 Å². The van der Waals surface area contributed by atoms with Crippen molar-refractivity contribution in [2.24, 2.45) is 5.73 Å². The van der Waals surface area contributed by atoms with Gasteiger partial charge in [-0.15, -0.1) is 10.2 Å². The van der Waals surface area contributed by atoms with Gasteiger partial charge in [0.1, 0.15) is 17.2 Å². The van der Waals surface area contributed by atoms with Crippen LogP contribution in [0.5, 0.6) is 5.75 Å². The fraction of sp³-hybridized carbons (Fsp3) is 0.368. The van der Waals surface area contributed by atoms with E-state index in [4.69, 9.17) is 14.9 Å². The van der Waals surface area contributed by atoms with Crippen LogP contribution in [0, 0.1) is 0 Å². The first-order chi connectivity index (χ1) is 13.5. The number of fused-ring (bicyclic) bond motifs is 1. The van der Waals surface area contributed by atoms with E-state index in [-0.39, 0.29) is 12.3 Å². The molecule has 1 saturated carbocycles. The highest BCUT2D eigenvalue weighted by Gasteiger charge is 2.30. The zero-order chi connectivity index (χ0) is 19.7. The number of carbonyl (C=O) groups is 1. The first-order valence-corrected chi connectivity index (χ1v) is 9.98. The summed E-state index contributed by atoms with van der Waals surface area (Å²) in [5, 5.41) is 10.2. The van der Waals surface area contributed by atoms with E-state index in [1.807, 2.05) is 16.7 Å². The van der Waals surface area contributed by atoms with Crippen molar-refractivity contribution in [2.75, 3.05) is 7.11 Å². The number of nitrogens with two attached hydrogens (primary N) is 1. The predicted molar refractivity (Wildman–Crippen MR) is 104 cm³/mol. The number of hydrogen-bond donors (Lipinski definition) is 1. The van der Waals surface area contributed by atoms with Gasteiger partial charge in [0.25, 0.3) is 0 Å². The Morgan fingerprint density at radius 1 is 1.36 bits per heavy atom. The van der Waals surface area contributed by atoms with Gasteiger partial charge >= 0.3 is 5.63 Å². The minimum Gasteiger partial charge on any atom is -0.497 e. The van der Waals surface area contributed by atoms with Crippen molar-refractivity contribution in [1.29, 1.82) is 0 Å². The van der Waals surface area contributed by atoms with Crippen LogP contribution in [0.2, 0.25) is 0 Å². The molecule has 0 bridgehead atoms. The lowest BCUT2D eigenvalue weighted by Crippen LogP contribution is -2.15. The van der Waals surface area contributed by atoms with E-state index >= 15 is 0 Å². The van der Waals surface area contributed by atoms with Gasteiger partial charge in [-0.2, -0.15) is 0 Å². The molecule has 0 atom stereocenters. The molecule has 1 fully saturated rings. The monoisotopic (exact) mass is 400 g/mol. The van der Waals surface area contributed by atoms with Gasteiger partial charge in [0.15, 0.2) is 5.16 Å². The summed E-state index contributed by atoms with van der Waals surface area (Å²) in [5.74, 6) is 2.11. The summed E-state index contributed by atoms with van der Waals surface area (Å²) >= 11 is 1.48. The summed E-state index contributed by atoms with van der Waals surface area (Å²) in [6, 6.07) is 6.90. The topological polar surface area (TPSA) is 113 Å². The lowest BCUT2D eigenvalue weighted by atomic mass is 10.1. The van der Waals surface area contributed by atoms with Crippen LogP contribution in [0.4, 0.5) is 0 Å². The van der Waals surface area contributed by atoms with Crippen LogP contribution in [-0.2, 0) is 17.1 Å². The third-order valence-corrected chi connectivity index (χ3v) is 5.68. The number of benzene rings is 1. The number of aromatic nitrogens is 3. The van der Waals surface area contributed by atoms with Crippen LogP contribution < -0.4 is 16.1 Å². The van der Waals surface area contributed by atoms with Crippen molar-refractivity contribution >= 4 is 28.6 Å². The Bertz CT molecular complexity index is 1090. The van der Waals surface area contributed by atoms with Crippen LogP contribution in [0.15, 0.2) is 38.6 Å². The normalized spacial score (nSPS) is 13.8. The summed E-state index contributed by atoms with van der Waals surface area (Å²) in [6.07, 6.45) is 2.42. The minimum absolute atomic E-state index is 0.239. The fourth-order valence-electron chi connectivity index (χ4n) is 3.08. The molecule has 2 N–H and O–H groups in total. The second-order valence-corrected chi connectivity index (χ2v) is 7.67. The Balaban J connectivity index is 1.61. The largest absolute Gasteiger partial charge is 0.497 e. The van der Waals surface area contributed by atoms with Crippen LogP contribution in [-0.4, -0.2) is 27.8 Å². The molecule has 1 aromatic carbocycles. The highest BCUT2D eigenvalue weighted by molar-refractivity contribution is 7.98. The van der Waals surface area contributed by atoms with Gasteiger partial charge in [-0.25, -0.2) is 4.79 Å². The van der Waals surface area contributed by atoms with Gasteiger partial charge in [-0.1, -0.05) is 11.8 Å². The molecular formula is C19H20N4O4S. The van der Waals surface area contributed by atoms with Crippen molar-refractivity contribution in [3.05, 3.63) is 46.1 Å². The molecule has 0 spiro atoms. The number of nitrogens with zero attached hydrogens (tertiary/aromatic N) is 3. The van der Waals surface area contributed by atoms with Crippen molar-refractivity contribution in [3.8, 4) is 5.75 Å². The Labute approximate surface area is 165 Å². The number of thioether (sulfide) groups is 1. The highest BCUT2D eigenvalue weighted by atomic mass is 32.2. The summed E-state index contributed by atoms with van der Waals surface area (Å²) in [6.45, 7) is 0.464. The Morgan fingerprint density at radius 2 is 2.18 bits per heavy atom. The number of hydrogen-bond acceptors (Lipinski definition) is 7. The van der Waals surface area contributed by atoms with E-state index in [1.165, 1.54) is 17.8 Å². The Morgan fingerprint density at radius 3 is 2.89 bits per heavy atom. The first-order valence-electron chi connectivity index (χ1n) is 9.00. The van der Waals surface area contributed by atoms with Crippen molar-refractivity contribution in [1.82, 2.24) is 14.8 Å². The number of rotatable bonds is 8. The number of primary amides is 1. The molecule has 1 amide bonds. The smallest absolute Gasteiger partial charge is 0.336 e. The molecule has 3 aromatic rings. The van der Waals surface area contributed by atoms with E-state index in [0.717, 1.165) is 34.8 Å². The van der Waals surface area contributed by atoms with Crippen LogP contribution in [0.1, 0.15) is 36.6 Å². The average molecular weight is 400 g/mol. The molecule has 9 heteroatoms. The average Bonchev–Trinajstić information content (AvgIpc) is 3.44. The Kier molecular flexibility index (Phi) is 5.08. The molecule has 2 heterocycles. The predicted octanol–water partition coefficient (Wildman–Crippen LogP) is 2.44. The lowest BCUT2D eigenvalue weighted by Gasteiger charge is -2.09. The molecule has 0 saturated heterocycles. The summed E-state index contributed by atoms with van der Waals surface area (Å²) < 4.78 is 12.5. The van der Waals surface area contributed by atoms with Gasteiger partial charge in [-0.3, -0.25) is 4.79 Å². The summed E-state index contributed by atoms with van der Waals surface area (Å²) in [7, 11) is 1.56. The summed E-state index contributed by atoms with van der Waals surface area (Å²) in [5.41, 5.74) is 6.23. The molecule has 146 valence electrons. The van der Waals surface area contributed by atoms with E-state index in [9.17, 15) is 9.59 Å². The molecule has 0 unspecified atom stereocenters. The van der Waals surface area contributed by atoms with E-state index in [2.05, 4.69) is 10.2 Å². The lowest BCUT2D eigenvalue weighted by molar-refractivity contribution is -0.118. The SMILES string of the molecule is COc1ccc2c(CSc3nnc(C4CC4)n3CCC(N)=O)cc(=O)oc2c1. The second kappa shape index (κ2) is 7.67. The standard InChI is InChI=1S/C19H20N4O4S/c1-26-13-4-5-14-12(8-17(25)27-15(14)9-13)10-28-19-22-21-18(11-2-3-11)23(19)7-6-16(20)24/h4-5,8-9,11H,2-3,6-7,10H2,1H3,(H2,20,24). The zero-order valence-electron chi connectivity index (χ0n) is 15.4. The molecule has 2 aromatic heterocycles. The maximum absolute atomic E-state index is 12.0. The van der Waals surface area contributed by atoms with Crippen LogP contribution >= 0.6 is 11.8 Å². The van der Waals surface area contributed by atoms with Crippen molar-refractivity contribution in [3.63, 3.8) is 0 Å². The molecule has 28 heavy (non-hydrogen) atoms. The zero-order valence-corrected chi connectivity index (χ0v) is 16.2. The van der Waals surface area contributed by atoms with Gasteiger partial charge in [0.05, 0.1) is 7.11 Å². The molecule has 8 nitrogen and oxygen atoms in total. The van der Waals surface area contributed by atoms with Gasteiger partial charge < -0.3 is 19.5 Å². The fourth-order valence-corrected chi connectivity index (χ4v) is 4.04. The van der Waals surface area contributed by atoms with Crippen LogP contribution in [0.3, 0.4) is 0 Å². The van der Waals surface area contributed by atoms with Crippen molar-refractivity contribution in [2.45, 2.75) is 42.6 Å². The maximum atomic E-state index is 12.0. The Hall–Kier alpha value is -2.81. The third kappa shape index (κ3) is 3.89. The molecule has 1 aliphatic rings. The van der Waals surface area contributed by atoms with Gasteiger partial charge in [0.2, 0.25) is 5.91 Å². The number of methoxy groups -OCH3 is 1. The number of ether oxygens (including phenoxy) is 1. The minimum atomic E-state index is -0.412. The van der Waals surface area contributed by atoms with Gasteiger partial charge in [-0.05, 0) is 30.5 Å². The number of carbonyl (C=O) groups excluding carboxylic acids is 1. The molecule has 4 rings (SSSR count). The molecule has 1 aliphatic carbocycles. The maximum Gasteiger partial charge on any atom is 0.336 e. The molecular weight excluding hydrogens is 380 g/mol. The second-order valence-electron chi connectivity index (χ2n) is 6.72. The quantitative estimate of drug-likeness (QED) is 0.456. The van der Waals surface area contributed by atoms with Crippen LogP contribution in [0.25, 0.3) is 11.0 Å². The highest BCUT2D eigenvalue weighted by Crippen LogP contribution is 2.40. The molecule has 0 radical (unpaired) electrons. The van der Waals surface area contributed by atoms with E-state index in [0.29, 0.717) is 29.5 Å². The van der Waals surface area contributed by atoms with Gasteiger partial charge in [0, 0.05) is 42.2 Å². The summed E-state index contributed by atoms with van der Waals surface area (Å²) in [4.78, 5) is 23.2. The van der Waals surface area contributed by atoms with E-state index in [1.54, 1.807) is 13.2 Å².